The standard InChI is InChI=1S/C15H22N4/c1-12(2)19-11-14(10-18-19)15(8-16)17-9-13-6-4-3-5-7-13/h3-7,10-12,15,17H,8-9,16H2,1-2H3. The normalized spacial score (nSPS) is 12.8. The summed E-state index contributed by atoms with van der Waals surface area (Å²) < 4.78 is 1.96. The molecule has 19 heavy (non-hydrogen) atoms. The molecule has 0 aliphatic rings. The van der Waals surface area contributed by atoms with Crippen molar-refractivity contribution in [2.24, 2.45) is 5.73 Å². The Morgan fingerprint density at radius 1 is 1.26 bits per heavy atom. The van der Waals surface area contributed by atoms with Crippen molar-refractivity contribution in [3.8, 4) is 0 Å². The monoisotopic (exact) mass is 258 g/mol. The number of nitrogens with zero attached hydrogens (tertiary/aromatic N) is 2. The Balaban J connectivity index is 1.99. The fourth-order valence-electron chi connectivity index (χ4n) is 1.99. The molecule has 0 bridgehead atoms. The second-order valence-electron chi connectivity index (χ2n) is 5.00. The molecule has 0 amide bonds. The maximum absolute atomic E-state index is 5.85. The smallest absolute Gasteiger partial charge is 0.0538 e. The van der Waals surface area contributed by atoms with E-state index in [1.807, 2.05) is 29.1 Å². The average molecular weight is 258 g/mol. The molecule has 1 unspecified atom stereocenters. The molecule has 1 heterocycles. The van der Waals surface area contributed by atoms with E-state index >= 15 is 0 Å². The highest BCUT2D eigenvalue weighted by Gasteiger charge is 2.12. The summed E-state index contributed by atoms with van der Waals surface area (Å²) >= 11 is 0. The Kier molecular flexibility index (Phi) is 4.71. The number of benzene rings is 1. The highest BCUT2D eigenvalue weighted by molar-refractivity contribution is 5.16. The van der Waals surface area contributed by atoms with Crippen molar-refractivity contribution in [3.05, 3.63) is 53.9 Å². The number of nitrogens with two attached hydrogens (primary N) is 1. The van der Waals surface area contributed by atoms with Crippen molar-refractivity contribution in [3.63, 3.8) is 0 Å². The molecule has 2 rings (SSSR count). The van der Waals surface area contributed by atoms with Crippen molar-refractivity contribution in [2.45, 2.75) is 32.5 Å². The van der Waals surface area contributed by atoms with Crippen LogP contribution in [0.5, 0.6) is 0 Å². The molecule has 0 spiro atoms. The third-order valence-electron chi connectivity index (χ3n) is 3.18. The lowest BCUT2D eigenvalue weighted by Gasteiger charge is -2.15. The molecule has 0 saturated heterocycles. The van der Waals surface area contributed by atoms with Gasteiger partial charge in [-0.2, -0.15) is 5.10 Å². The molecule has 3 N–H and O–H groups in total. The molecule has 4 heteroatoms. The van der Waals surface area contributed by atoms with Gasteiger partial charge < -0.3 is 11.1 Å². The van der Waals surface area contributed by atoms with Gasteiger partial charge in [0.15, 0.2) is 0 Å². The number of aromatic nitrogens is 2. The molecule has 1 atom stereocenters. The third-order valence-corrected chi connectivity index (χ3v) is 3.18. The van der Waals surface area contributed by atoms with Gasteiger partial charge in [-0.1, -0.05) is 30.3 Å². The zero-order valence-electron chi connectivity index (χ0n) is 11.6. The van der Waals surface area contributed by atoms with Crippen molar-refractivity contribution < 1.29 is 0 Å². The third kappa shape index (κ3) is 3.66. The van der Waals surface area contributed by atoms with Gasteiger partial charge in [0.2, 0.25) is 0 Å². The van der Waals surface area contributed by atoms with Crippen LogP contribution in [0.25, 0.3) is 0 Å². The molecule has 0 aliphatic heterocycles. The predicted octanol–water partition coefficient (Wildman–Crippen LogP) is 2.25. The minimum Gasteiger partial charge on any atom is -0.329 e. The zero-order valence-corrected chi connectivity index (χ0v) is 11.6. The van der Waals surface area contributed by atoms with Crippen molar-refractivity contribution in [2.75, 3.05) is 6.54 Å². The molecule has 0 aliphatic carbocycles. The summed E-state index contributed by atoms with van der Waals surface area (Å²) in [5.41, 5.74) is 8.26. The van der Waals surface area contributed by atoms with Crippen molar-refractivity contribution >= 4 is 0 Å². The van der Waals surface area contributed by atoms with Crippen LogP contribution in [0.15, 0.2) is 42.7 Å². The molecule has 102 valence electrons. The van der Waals surface area contributed by atoms with E-state index in [0.29, 0.717) is 12.6 Å². The van der Waals surface area contributed by atoms with E-state index in [-0.39, 0.29) is 6.04 Å². The quantitative estimate of drug-likeness (QED) is 0.835. The van der Waals surface area contributed by atoms with E-state index in [0.717, 1.165) is 12.1 Å². The second-order valence-corrected chi connectivity index (χ2v) is 5.00. The summed E-state index contributed by atoms with van der Waals surface area (Å²) in [6.07, 6.45) is 3.97. The van der Waals surface area contributed by atoms with Crippen molar-refractivity contribution in [1.29, 1.82) is 0 Å². The summed E-state index contributed by atoms with van der Waals surface area (Å²) in [4.78, 5) is 0. The molecular weight excluding hydrogens is 236 g/mol. The summed E-state index contributed by atoms with van der Waals surface area (Å²) in [7, 11) is 0. The lowest BCUT2D eigenvalue weighted by molar-refractivity contribution is 0.523. The summed E-state index contributed by atoms with van der Waals surface area (Å²) in [5.74, 6) is 0. The molecule has 0 fully saturated rings. The van der Waals surface area contributed by atoms with E-state index in [9.17, 15) is 0 Å². The van der Waals surface area contributed by atoms with Crippen LogP contribution in [0.3, 0.4) is 0 Å². The van der Waals surface area contributed by atoms with E-state index in [2.05, 4.69) is 42.6 Å². The highest BCUT2D eigenvalue weighted by Crippen LogP contribution is 2.14. The lowest BCUT2D eigenvalue weighted by atomic mass is 10.1. The topological polar surface area (TPSA) is 55.9 Å². The first-order valence-electron chi connectivity index (χ1n) is 6.72. The van der Waals surface area contributed by atoms with Crippen LogP contribution in [-0.4, -0.2) is 16.3 Å². The first-order valence-corrected chi connectivity index (χ1v) is 6.72. The Morgan fingerprint density at radius 2 is 2.00 bits per heavy atom. The summed E-state index contributed by atoms with van der Waals surface area (Å²) in [5, 5.41) is 7.84. The fourth-order valence-corrected chi connectivity index (χ4v) is 1.99. The van der Waals surface area contributed by atoms with Crippen molar-refractivity contribution in [1.82, 2.24) is 15.1 Å². The SMILES string of the molecule is CC(C)n1cc(C(CN)NCc2ccccc2)cn1. The molecule has 1 aromatic heterocycles. The first kappa shape index (κ1) is 13.8. The van der Waals surface area contributed by atoms with E-state index in [1.54, 1.807) is 0 Å². The minimum absolute atomic E-state index is 0.146. The van der Waals surface area contributed by atoms with Crippen LogP contribution in [0.4, 0.5) is 0 Å². The van der Waals surface area contributed by atoms with Gasteiger partial charge in [0.1, 0.15) is 0 Å². The van der Waals surface area contributed by atoms with E-state index in [4.69, 9.17) is 5.73 Å². The Morgan fingerprint density at radius 3 is 2.58 bits per heavy atom. The second kappa shape index (κ2) is 6.50. The van der Waals surface area contributed by atoms with Gasteiger partial charge in [0, 0.05) is 36.9 Å². The lowest BCUT2D eigenvalue weighted by Crippen LogP contribution is -2.27. The number of nitrogens with one attached hydrogen (secondary N) is 1. The van der Waals surface area contributed by atoms with Crippen LogP contribution in [-0.2, 0) is 6.54 Å². The average Bonchev–Trinajstić information content (AvgIpc) is 2.90. The molecule has 1 aromatic carbocycles. The summed E-state index contributed by atoms with van der Waals surface area (Å²) in [6, 6.07) is 10.9. The number of hydrogen-bond acceptors (Lipinski definition) is 3. The largest absolute Gasteiger partial charge is 0.329 e. The first-order chi connectivity index (χ1) is 9.20. The van der Waals surface area contributed by atoms with Gasteiger partial charge in [0.25, 0.3) is 0 Å². The van der Waals surface area contributed by atoms with Crippen LogP contribution >= 0.6 is 0 Å². The number of rotatable bonds is 6. The van der Waals surface area contributed by atoms with Gasteiger partial charge in [-0.05, 0) is 19.4 Å². The molecule has 0 saturated carbocycles. The van der Waals surface area contributed by atoms with Gasteiger partial charge in [-0.15, -0.1) is 0 Å². The van der Waals surface area contributed by atoms with Gasteiger partial charge in [-0.3, -0.25) is 4.68 Å². The predicted molar refractivity (Wildman–Crippen MR) is 77.7 cm³/mol. The zero-order chi connectivity index (χ0) is 13.7. The Bertz CT molecular complexity index is 490. The highest BCUT2D eigenvalue weighted by atomic mass is 15.3. The Labute approximate surface area is 114 Å². The summed E-state index contributed by atoms with van der Waals surface area (Å²) in [6.45, 7) is 5.61. The van der Waals surface area contributed by atoms with Gasteiger partial charge >= 0.3 is 0 Å². The number of hydrogen-bond donors (Lipinski definition) is 2. The van der Waals surface area contributed by atoms with E-state index < -0.39 is 0 Å². The van der Waals surface area contributed by atoms with Gasteiger partial charge in [0.05, 0.1) is 6.20 Å². The molecule has 2 aromatic rings. The van der Waals surface area contributed by atoms with Gasteiger partial charge in [-0.25, -0.2) is 0 Å². The van der Waals surface area contributed by atoms with E-state index in [1.165, 1.54) is 5.56 Å². The fraction of sp³-hybridized carbons (Fsp3) is 0.400. The maximum atomic E-state index is 5.85. The van der Waals surface area contributed by atoms with Crippen LogP contribution < -0.4 is 11.1 Å². The van der Waals surface area contributed by atoms with Crippen LogP contribution in [0.1, 0.15) is 37.1 Å². The minimum atomic E-state index is 0.146. The van der Waals surface area contributed by atoms with Crippen LogP contribution in [0.2, 0.25) is 0 Å². The maximum Gasteiger partial charge on any atom is 0.0538 e. The Hall–Kier alpha value is -1.65. The molecular formula is C15H22N4. The molecule has 4 nitrogen and oxygen atoms in total. The molecule has 0 radical (unpaired) electrons. The van der Waals surface area contributed by atoms with Crippen LogP contribution in [0, 0.1) is 0 Å².